The molecule has 0 amide bonds. The fourth-order valence-electron chi connectivity index (χ4n) is 1.32. The van der Waals surface area contributed by atoms with E-state index in [9.17, 15) is 8.78 Å². The SMILES string of the molecule is Cc1ccccc1[C@H](N)CC(F)F. The molecule has 72 valence electrons. The van der Waals surface area contributed by atoms with E-state index < -0.39 is 12.5 Å². The van der Waals surface area contributed by atoms with Crippen molar-refractivity contribution >= 4 is 0 Å². The van der Waals surface area contributed by atoms with Gasteiger partial charge >= 0.3 is 0 Å². The lowest BCUT2D eigenvalue weighted by Crippen LogP contribution is -2.14. The van der Waals surface area contributed by atoms with Gasteiger partial charge in [0.1, 0.15) is 0 Å². The summed E-state index contributed by atoms with van der Waals surface area (Å²) in [5.74, 6) is 0. The van der Waals surface area contributed by atoms with Crippen LogP contribution in [0.1, 0.15) is 23.6 Å². The summed E-state index contributed by atoms with van der Waals surface area (Å²) in [6.07, 6.45) is -2.61. The Bertz CT molecular complexity index is 273. The van der Waals surface area contributed by atoms with Crippen LogP contribution in [0.25, 0.3) is 0 Å². The summed E-state index contributed by atoms with van der Waals surface area (Å²) in [5, 5.41) is 0. The molecule has 1 nitrogen and oxygen atoms in total. The molecule has 0 fully saturated rings. The van der Waals surface area contributed by atoms with Gasteiger partial charge in [-0.05, 0) is 18.1 Å². The predicted octanol–water partition coefficient (Wildman–Crippen LogP) is 2.65. The molecule has 0 heterocycles. The summed E-state index contributed by atoms with van der Waals surface area (Å²) < 4.78 is 24.0. The maximum atomic E-state index is 12.0. The number of rotatable bonds is 3. The summed E-state index contributed by atoms with van der Waals surface area (Å²) in [6.45, 7) is 1.88. The lowest BCUT2D eigenvalue weighted by Gasteiger charge is -2.13. The minimum Gasteiger partial charge on any atom is -0.324 e. The predicted molar refractivity (Wildman–Crippen MR) is 48.7 cm³/mol. The zero-order valence-electron chi connectivity index (χ0n) is 7.50. The van der Waals surface area contributed by atoms with Gasteiger partial charge in [0.25, 0.3) is 0 Å². The van der Waals surface area contributed by atoms with Gasteiger partial charge < -0.3 is 5.73 Å². The normalized spacial score (nSPS) is 13.3. The molecule has 0 radical (unpaired) electrons. The zero-order chi connectivity index (χ0) is 9.84. The van der Waals surface area contributed by atoms with E-state index in [1.807, 2.05) is 25.1 Å². The number of benzene rings is 1. The topological polar surface area (TPSA) is 26.0 Å². The molecule has 0 saturated carbocycles. The van der Waals surface area contributed by atoms with Crippen LogP contribution in [0, 0.1) is 6.92 Å². The molecule has 1 rings (SSSR count). The average Bonchev–Trinajstić information content (AvgIpc) is 2.03. The maximum Gasteiger partial charge on any atom is 0.240 e. The van der Waals surface area contributed by atoms with Gasteiger partial charge in [0.05, 0.1) is 0 Å². The van der Waals surface area contributed by atoms with Crippen LogP contribution in [0.15, 0.2) is 24.3 Å². The van der Waals surface area contributed by atoms with Gasteiger partial charge in [-0.2, -0.15) is 0 Å². The summed E-state index contributed by atoms with van der Waals surface area (Å²) in [6, 6.07) is 6.80. The molecule has 1 atom stereocenters. The van der Waals surface area contributed by atoms with E-state index in [1.54, 1.807) is 6.07 Å². The summed E-state index contributed by atoms with van der Waals surface area (Å²) in [7, 11) is 0. The molecule has 0 bridgehead atoms. The number of alkyl halides is 2. The average molecular weight is 185 g/mol. The lowest BCUT2D eigenvalue weighted by atomic mass is 10.00. The Morgan fingerprint density at radius 3 is 2.46 bits per heavy atom. The van der Waals surface area contributed by atoms with Crippen molar-refractivity contribution in [2.75, 3.05) is 0 Å². The second-order valence-electron chi connectivity index (χ2n) is 3.09. The van der Waals surface area contributed by atoms with E-state index in [0.717, 1.165) is 11.1 Å². The first-order valence-corrected chi connectivity index (χ1v) is 4.20. The Morgan fingerprint density at radius 2 is 1.92 bits per heavy atom. The van der Waals surface area contributed by atoms with E-state index in [0.29, 0.717) is 0 Å². The van der Waals surface area contributed by atoms with Crippen LogP contribution in [-0.4, -0.2) is 6.43 Å². The maximum absolute atomic E-state index is 12.0. The largest absolute Gasteiger partial charge is 0.324 e. The first-order chi connectivity index (χ1) is 6.11. The fraction of sp³-hybridized carbons (Fsp3) is 0.400. The van der Waals surface area contributed by atoms with Crippen molar-refractivity contribution in [3.8, 4) is 0 Å². The number of hydrogen-bond donors (Lipinski definition) is 1. The number of aryl methyl sites for hydroxylation is 1. The standard InChI is InChI=1S/C10H13F2N/c1-7-4-2-3-5-8(7)9(13)6-10(11)12/h2-5,9-10H,6,13H2,1H3/t9-/m1/s1. The second kappa shape index (κ2) is 4.33. The van der Waals surface area contributed by atoms with Crippen LogP contribution in [0.4, 0.5) is 8.78 Å². The number of halogens is 2. The third-order valence-corrected chi connectivity index (χ3v) is 2.02. The van der Waals surface area contributed by atoms with E-state index in [1.165, 1.54) is 0 Å². The Balaban J connectivity index is 2.76. The van der Waals surface area contributed by atoms with Gasteiger partial charge in [0, 0.05) is 12.5 Å². The van der Waals surface area contributed by atoms with Gasteiger partial charge in [-0.3, -0.25) is 0 Å². The summed E-state index contributed by atoms with van der Waals surface area (Å²) in [5.41, 5.74) is 7.39. The Kier molecular flexibility index (Phi) is 3.37. The Hall–Kier alpha value is -0.960. The first kappa shape index (κ1) is 10.1. The van der Waals surface area contributed by atoms with Crippen molar-refractivity contribution in [1.82, 2.24) is 0 Å². The molecule has 0 aliphatic heterocycles. The zero-order valence-corrected chi connectivity index (χ0v) is 7.50. The molecule has 13 heavy (non-hydrogen) atoms. The van der Waals surface area contributed by atoms with Crippen LogP contribution >= 0.6 is 0 Å². The molecular formula is C10H13F2N. The highest BCUT2D eigenvalue weighted by atomic mass is 19.3. The molecule has 2 N–H and O–H groups in total. The van der Waals surface area contributed by atoms with Crippen molar-refractivity contribution in [1.29, 1.82) is 0 Å². The molecule has 3 heteroatoms. The van der Waals surface area contributed by atoms with Crippen molar-refractivity contribution in [3.63, 3.8) is 0 Å². The molecule has 0 aliphatic carbocycles. The van der Waals surface area contributed by atoms with Gasteiger partial charge in [-0.1, -0.05) is 24.3 Å². The summed E-state index contributed by atoms with van der Waals surface area (Å²) >= 11 is 0. The van der Waals surface area contributed by atoms with Crippen molar-refractivity contribution < 1.29 is 8.78 Å². The Labute approximate surface area is 76.6 Å². The Morgan fingerprint density at radius 1 is 1.31 bits per heavy atom. The molecule has 1 aromatic rings. The van der Waals surface area contributed by atoms with Crippen LogP contribution in [0.3, 0.4) is 0 Å². The van der Waals surface area contributed by atoms with E-state index >= 15 is 0 Å². The fourth-order valence-corrected chi connectivity index (χ4v) is 1.32. The molecule has 0 unspecified atom stereocenters. The van der Waals surface area contributed by atoms with Gasteiger partial charge in [-0.25, -0.2) is 8.78 Å². The van der Waals surface area contributed by atoms with Gasteiger partial charge in [-0.15, -0.1) is 0 Å². The third kappa shape index (κ3) is 2.77. The minimum absolute atomic E-state index is 0.273. The number of hydrogen-bond acceptors (Lipinski definition) is 1. The van der Waals surface area contributed by atoms with Crippen molar-refractivity contribution in [2.24, 2.45) is 5.73 Å². The van der Waals surface area contributed by atoms with Crippen molar-refractivity contribution in [3.05, 3.63) is 35.4 Å². The molecule has 0 spiro atoms. The van der Waals surface area contributed by atoms with E-state index in [-0.39, 0.29) is 6.42 Å². The van der Waals surface area contributed by atoms with Crippen LogP contribution < -0.4 is 5.73 Å². The quantitative estimate of drug-likeness (QED) is 0.769. The third-order valence-electron chi connectivity index (χ3n) is 2.02. The minimum atomic E-state index is -2.34. The van der Waals surface area contributed by atoms with Crippen LogP contribution in [0.2, 0.25) is 0 Å². The smallest absolute Gasteiger partial charge is 0.240 e. The van der Waals surface area contributed by atoms with Gasteiger partial charge in [0.15, 0.2) is 0 Å². The van der Waals surface area contributed by atoms with E-state index in [4.69, 9.17) is 5.73 Å². The molecule has 0 aromatic heterocycles. The van der Waals surface area contributed by atoms with Crippen LogP contribution in [0.5, 0.6) is 0 Å². The molecule has 0 aliphatic rings. The van der Waals surface area contributed by atoms with Gasteiger partial charge in [0.2, 0.25) is 6.43 Å². The highest BCUT2D eigenvalue weighted by molar-refractivity contribution is 5.28. The highest BCUT2D eigenvalue weighted by Gasteiger charge is 2.13. The number of nitrogens with two attached hydrogens (primary N) is 1. The lowest BCUT2D eigenvalue weighted by molar-refractivity contribution is 0.128. The molecule has 1 aromatic carbocycles. The molecule has 0 saturated heterocycles. The highest BCUT2D eigenvalue weighted by Crippen LogP contribution is 2.20. The monoisotopic (exact) mass is 185 g/mol. The first-order valence-electron chi connectivity index (χ1n) is 4.20. The molecular weight excluding hydrogens is 172 g/mol. The van der Waals surface area contributed by atoms with E-state index in [2.05, 4.69) is 0 Å². The second-order valence-corrected chi connectivity index (χ2v) is 3.09. The van der Waals surface area contributed by atoms with Crippen LogP contribution in [-0.2, 0) is 0 Å². The summed E-state index contributed by atoms with van der Waals surface area (Å²) in [4.78, 5) is 0. The van der Waals surface area contributed by atoms with Crippen molar-refractivity contribution in [2.45, 2.75) is 25.8 Å².